The molecular formula is C14H22N2O4S2. The van der Waals surface area contributed by atoms with Crippen molar-refractivity contribution in [3.63, 3.8) is 0 Å². The van der Waals surface area contributed by atoms with Crippen LogP contribution in [-0.4, -0.2) is 40.5 Å². The van der Waals surface area contributed by atoms with Crippen molar-refractivity contribution in [1.29, 1.82) is 0 Å². The Balaban J connectivity index is 2.09. The Labute approximate surface area is 132 Å². The molecule has 2 rings (SSSR count). The number of piperidine rings is 1. The van der Waals surface area contributed by atoms with E-state index >= 15 is 0 Å². The number of hydrogen-bond acceptors (Lipinski definition) is 4. The zero-order valence-corrected chi connectivity index (χ0v) is 14.5. The van der Waals surface area contributed by atoms with Gasteiger partial charge in [0, 0.05) is 25.4 Å². The molecule has 1 aromatic rings. The molecule has 0 bridgehead atoms. The third-order valence-electron chi connectivity index (χ3n) is 3.79. The summed E-state index contributed by atoms with van der Waals surface area (Å²) in [4.78, 5) is 0.224. The summed E-state index contributed by atoms with van der Waals surface area (Å²) in [5.41, 5.74) is 0.730. The summed E-state index contributed by atoms with van der Waals surface area (Å²) >= 11 is 0. The quantitative estimate of drug-likeness (QED) is 0.875. The number of hydrogen-bond donors (Lipinski definition) is 1. The Morgan fingerprint density at radius 1 is 1.00 bits per heavy atom. The molecule has 0 unspecified atom stereocenters. The zero-order chi connectivity index (χ0) is 16.4. The molecule has 0 aliphatic carbocycles. The van der Waals surface area contributed by atoms with Crippen LogP contribution in [0.4, 0.5) is 0 Å². The largest absolute Gasteiger partial charge is 0.279 e. The van der Waals surface area contributed by atoms with Crippen LogP contribution in [-0.2, 0) is 20.0 Å². The Bertz CT molecular complexity index is 706. The van der Waals surface area contributed by atoms with E-state index in [1.807, 2.05) is 0 Å². The van der Waals surface area contributed by atoms with Crippen molar-refractivity contribution >= 4 is 20.0 Å². The lowest BCUT2D eigenvalue weighted by Gasteiger charge is -2.27. The van der Waals surface area contributed by atoms with Crippen LogP contribution >= 0.6 is 0 Å². The second kappa shape index (κ2) is 6.66. The summed E-state index contributed by atoms with van der Waals surface area (Å²) in [6.45, 7) is 2.85. The third kappa shape index (κ3) is 4.28. The van der Waals surface area contributed by atoms with Crippen LogP contribution in [0.15, 0.2) is 29.2 Å². The lowest BCUT2D eigenvalue weighted by atomic mass is 10.1. The third-order valence-corrected chi connectivity index (χ3v) is 6.61. The van der Waals surface area contributed by atoms with Crippen LogP contribution in [0.5, 0.6) is 0 Å². The molecule has 6 nitrogen and oxygen atoms in total. The highest BCUT2D eigenvalue weighted by Crippen LogP contribution is 2.19. The van der Waals surface area contributed by atoms with Gasteiger partial charge >= 0.3 is 0 Å². The highest BCUT2D eigenvalue weighted by Gasteiger charge is 2.25. The van der Waals surface area contributed by atoms with Crippen LogP contribution in [0.3, 0.4) is 0 Å². The van der Waals surface area contributed by atoms with Crippen molar-refractivity contribution in [3.05, 3.63) is 29.8 Å². The van der Waals surface area contributed by atoms with E-state index < -0.39 is 26.1 Å². The number of benzene rings is 1. The first-order valence-electron chi connectivity index (χ1n) is 7.27. The van der Waals surface area contributed by atoms with Crippen molar-refractivity contribution in [2.45, 2.75) is 37.1 Å². The Hall–Kier alpha value is -0.960. The van der Waals surface area contributed by atoms with E-state index in [2.05, 4.69) is 4.72 Å². The summed E-state index contributed by atoms with van der Waals surface area (Å²) in [5.74, 6) is 0. The molecule has 0 amide bonds. The van der Waals surface area contributed by atoms with Crippen molar-refractivity contribution in [2.75, 3.05) is 19.3 Å². The van der Waals surface area contributed by atoms with E-state index in [9.17, 15) is 16.8 Å². The monoisotopic (exact) mass is 346 g/mol. The van der Waals surface area contributed by atoms with Gasteiger partial charge < -0.3 is 0 Å². The smallest absolute Gasteiger partial charge is 0.224 e. The standard InChI is InChI=1S/C14H22N2O4S2/c1-12(13-6-8-14(9-7-13)21(2,17)18)15-22(19,20)16-10-4-3-5-11-16/h6-9,12,15H,3-5,10-11H2,1-2H3/t12-/m0/s1. The van der Waals surface area contributed by atoms with Crippen LogP contribution < -0.4 is 4.72 Å². The SMILES string of the molecule is C[C@H](NS(=O)(=O)N1CCCCC1)c1ccc(S(C)(=O)=O)cc1. The molecule has 1 atom stereocenters. The van der Waals surface area contributed by atoms with E-state index in [-0.39, 0.29) is 4.90 Å². The molecule has 1 aliphatic heterocycles. The molecule has 124 valence electrons. The van der Waals surface area contributed by atoms with Gasteiger partial charge in [-0.3, -0.25) is 0 Å². The van der Waals surface area contributed by atoms with E-state index in [4.69, 9.17) is 0 Å². The minimum Gasteiger partial charge on any atom is -0.224 e. The summed E-state index contributed by atoms with van der Waals surface area (Å²) in [7, 11) is -6.75. The van der Waals surface area contributed by atoms with Gasteiger partial charge in [0.25, 0.3) is 10.2 Å². The van der Waals surface area contributed by atoms with Crippen molar-refractivity contribution in [2.24, 2.45) is 0 Å². The minimum absolute atomic E-state index is 0.224. The number of nitrogens with one attached hydrogen (secondary N) is 1. The number of nitrogens with zero attached hydrogens (tertiary/aromatic N) is 1. The molecule has 0 saturated carbocycles. The molecule has 1 aromatic carbocycles. The van der Waals surface area contributed by atoms with Crippen molar-refractivity contribution in [3.8, 4) is 0 Å². The molecule has 0 aromatic heterocycles. The van der Waals surface area contributed by atoms with Gasteiger partial charge in [-0.1, -0.05) is 18.6 Å². The maximum absolute atomic E-state index is 12.3. The summed E-state index contributed by atoms with van der Waals surface area (Å²) < 4.78 is 51.6. The molecular weight excluding hydrogens is 324 g/mol. The fourth-order valence-electron chi connectivity index (χ4n) is 2.47. The Kier molecular flexibility index (Phi) is 5.26. The van der Waals surface area contributed by atoms with E-state index in [0.29, 0.717) is 13.1 Å². The van der Waals surface area contributed by atoms with Crippen molar-refractivity contribution in [1.82, 2.24) is 9.03 Å². The molecule has 1 N–H and O–H groups in total. The van der Waals surface area contributed by atoms with Gasteiger partial charge in [0.2, 0.25) is 0 Å². The fraction of sp³-hybridized carbons (Fsp3) is 0.571. The summed E-state index contributed by atoms with van der Waals surface area (Å²) in [5, 5.41) is 0. The van der Waals surface area contributed by atoms with Gasteiger partial charge in [-0.2, -0.15) is 17.4 Å². The summed E-state index contributed by atoms with van der Waals surface area (Å²) in [6, 6.07) is 5.85. The van der Waals surface area contributed by atoms with Gasteiger partial charge in [-0.15, -0.1) is 0 Å². The highest BCUT2D eigenvalue weighted by molar-refractivity contribution is 7.90. The zero-order valence-electron chi connectivity index (χ0n) is 12.8. The van der Waals surface area contributed by atoms with Gasteiger partial charge in [-0.25, -0.2) is 8.42 Å². The molecule has 0 radical (unpaired) electrons. The molecule has 8 heteroatoms. The minimum atomic E-state index is -3.50. The average molecular weight is 346 g/mol. The Morgan fingerprint density at radius 3 is 2.05 bits per heavy atom. The van der Waals surface area contributed by atoms with E-state index in [1.165, 1.54) is 16.4 Å². The second-order valence-corrected chi connectivity index (χ2v) is 9.36. The Morgan fingerprint density at radius 2 is 1.55 bits per heavy atom. The first kappa shape index (κ1) is 17.4. The van der Waals surface area contributed by atoms with E-state index in [0.717, 1.165) is 31.1 Å². The number of sulfone groups is 1. The van der Waals surface area contributed by atoms with Gasteiger partial charge in [0.15, 0.2) is 9.84 Å². The molecule has 0 spiro atoms. The topological polar surface area (TPSA) is 83.6 Å². The van der Waals surface area contributed by atoms with Crippen LogP contribution in [0, 0.1) is 0 Å². The lowest BCUT2D eigenvalue weighted by molar-refractivity contribution is 0.339. The average Bonchev–Trinajstić information content (AvgIpc) is 2.47. The molecule has 22 heavy (non-hydrogen) atoms. The summed E-state index contributed by atoms with van der Waals surface area (Å²) in [6.07, 6.45) is 3.98. The van der Waals surface area contributed by atoms with Gasteiger partial charge in [0.1, 0.15) is 0 Å². The molecule has 1 heterocycles. The second-order valence-electron chi connectivity index (χ2n) is 5.65. The molecule has 1 aliphatic rings. The van der Waals surface area contributed by atoms with Crippen LogP contribution in [0.2, 0.25) is 0 Å². The maximum Gasteiger partial charge on any atom is 0.279 e. The lowest BCUT2D eigenvalue weighted by Crippen LogP contribution is -2.44. The van der Waals surface area contributed by atoms with Crippen LogP contribution in [0.1, 0.15) is 37.8 Å². The first-order valence-corrected chi connectivity index (χ1v) is 10.6. The highest BCUT2D eigenvalue weighted by atomic mass is 32.2. The molecule has 1 fully saturated rings. The normalized spacial score (nSPS) is 19.0. The van der Waals surface area contributed by atoms with Gasteiger partial charge in [0.05, 0.1) is 4.90 Å². The predicted octanol–water partition coefficient (Wildman–Crippen LogP) is 1.47. The van der Waals surface area contributed by atoms with Gasteiger partial charge in [-0.05, 0) is 37.5 Å². The van der Waals surface area contributed by atoms with Crippen LogP contribution in [0.25, 0.3) is 0 Å². The van der Waals surface area contributed by atoms with E-state index in [1.54, 1.807) is 19.1 Å². The fourth-order valence-corrected chi connectivity index (χ4v) is 4.58. The predicted molar refractivity (Wildman–Crippen MR) is 85.4 cm³/mol. The number of rotatable bonds is 5. The maximum atomic E-state index is 12.3. The first-order chi connectivity index (χ1) is 10.2. The van der Waals surface area contributed by atoms with Crippen molar-refractivity contribution < 1.29 is 16.8 Å². The molecule has 1 saturated heterocycles.